The van der Waals surface area contributed by atoms with Crippen molar-refractivity contribution in [2.24, 2.45) is 0 Å². The number of aromatic nitrogens is 2. The molecule has 0 saturated heterocycles. The summed E-state index contributed by atoms with van der Waals surface area (Å²) in [6, 6.07) is 0. The van der Waals surface area contributed by atoms with Crippen molar-refractivity contribution in [2.75, 3.05) is 0 Å². The van der Waals surface area contributed by atoms with E-state index < -0.39 is 5.97 Å². The van der Waals surface area contributed by atoms with Crippen LogP contribution in [-0.2, 0) is 11.3 Å². The van der Waals surface area contributed by atoms with Crippen molar-refractivity contribution < 1.29 is 9.90 Å². The lowest BCUT2D eigenvalue weighted by molar-refractivity contribution is -0.137. The molecule has 13 heavy (non-hydrogen) atoms. The molecule has 0 amide bonds. The molecule has 1 rings (SSSR count). The second-order valence-corrected chi connectivity index (χ2v) is 3.45. The third-order valence-corrected chi connectivity index (χ3v) is 2.12. The van der Waals surface area contributed by atoms with Crippen molar-refractivity contribution >= 4 is 17.6 Å². The Morgan fingerprint density at radius 3 is 2.77 bits per heavy atom. The molecule has 0 aliphatic carbocycles. The highest BCUT2D eigenvalue weighted by Gasteiger charge is 2.12. The second kappa shape index (κ2) is 3.79. The van der Waals surface area contributed by atoms with E-state index in [1.165, 1.54) is 4.68 Å². The Kier molecular flexibility index (Phi) is 2.93. The topological polar surface area (TPSA) is 55.1 Å². The van der Waals surface area contributed by atoms with Gasteiger partial charge in [0.15, 0.2) is 0 Å². The van der Waals surface area contributed by atoms with Gasteiger partial charge in [-0.3, -0.25) is 4.79 Å². The summed E-state index contributed by atoms with van der Waals surface area (Å²) in [5.74, 6) is -0.685. The summed E-state index contributed by atoms with van der Waals surface area (Å²) in [7, 11) is 0. The fourth-order valence-electron chi connectivity index (χ4n) is 1.01. The number of hydrogen-bond donors (Lipinski definition) is 1. The van der Waals surface area contributed by atoms with Crippen LogP contribution in [0.25, 0.3) is 0 Å². The van der Waals surface area contributed by atoms with Crippen LogP contribution in [-0.4, -0.2) is 20.9 Å². The van der Waals surface area contributed by atoms with Gasteiger partial charge in [0.2, 0.25) is 0 Å². The van der Waals surface area contributed by atoms with Crippen molar-refractivity contribution in [3.8, 4) is 0 Å². The van der Waals surface area contributed by atoms with Crippen LogP contribution in [0.1, 0.15) is 25.3 Å². The molecule has 0 aliphatic rings. The number of carbonyl (C=O) groups is 1. The molecule has 0 spiro atoms. The highest BCUT2D eigenvalue weighted by molar-refractivity contribution is 6.30. The first-order chi connectivity index (χ1) is 6.02. The minimum absolute atomic E-state index is 0.189. The Labute approximate surface area is 81.1 Å². The summed E-state index contributed by atoms with van der Waals surface area (Å²) in [5, 5.41) is 12.8. The number of halogens is 1. The van der Waals surface area contributed by atoms with E-state index in [1.807, 2.05) is 13.8 Å². The molecule has 0 unspecified atom stereocenters. The van der Waals surface area contributed by atoms with E-state index in [1.54, 1.807) is 6.20 Å². The lowest BCUT2D eigenvalue weighted by Gasteiger charge is -2.02. The van der Waals surface area contributed by atoms with E-state index in [2.05, 4.69) is 5.10 Å². The minimum Gasteiger partial charge on any atom is -0.480 e. The maximum absolute atomic E-state index is 10.4. The molecule has 0 atom stereocenters. The zero-order valence-electron chi connectivity index (χ0n) is 7.49. The van der Waals surface area contributed by atoms with Crippen molar-refractivity contribution in [3.63, 3.8) is 0 Å². The van der Waals surface area contributed by atoms with Gasteiger partial charge in [-0.1, -0.05) is 25.4 Å². The maximum Gasteiger partial charge on any atom is 0.325 e. The molecule has 1 aromatic heterocycles. The normalized spacial score (nSPS) is 10.8. The van der Waals surface area contributed by atoms with Crippen molar-refractivity contribution in [1.29, 1.82) is 0 Å². The third kappa shape index (κ3) is 2.21. The van der Waals surface area contributed by atoms with Gasteiger partial charge in [-0.05, 0) is 5.92 Å². The molecule has 72 valence electrons. The summed E-state index contributed by atoms with van der Waals surface area (Å²) < 4.78 is 1.28. The second-order valence-electron chi connectivity index (χ2n) is 3.10. The first kappa shape index (κ1) is 10.1. The summed E-state index contributed by atoms with van der Waals surface area (Å²) in [6.07, 6.45) is 1.61. The average molecular weight is 203 g/mol. The van der Waals surface area contributed by atoms with Crippen molar-refractivity contribution in [1.82, 2.24) is 9.78 Å². The molecular formula is C8H11ClN2O2. The van der Waals surface area contributed by atoms with Crippen LogP contribution in [0.15, 0.2) is 6.20 Å². The van der Waals surface area contributed by atoms with Gasteiger partial charge in [-0.25, -0.2) is 4.68 Å². The van der Waals surface area contributed by atoms with Crippen molar-refractivity contribution in [3.05, 3.63) is 16.9 Å². The average Bonchev–Trinajstić information content (AvgIpc) is 2.32. The van der Waals surface area contributed by atoms with Crippen LogP contribution in [0.2, 0.25) is 5.15 Å². The molecule has 0 aromatic carbocycles. The number of carboxylic acid groups (broad SMARTS) is 1. The number of aliphatic carboxylic acids is 1. The van der Waals surface area contributed by atoms with Gasteiger partial charge in [0.25, 0.3) is 0 Å². The molecule has 1 N–H and O–H groups in total. The van der Waals surface area contributed by atoms with Crippen LogP contribution in [0, 0.1) is 0 Å². The fourth-order valence-corrected chi connectivity index (χ4v) is 1.38. The van der Waals surface area contributed by atoms with Gasteiger partial charge >= 0.3 is 5.97 Å². The Morgan fingerprint density at radius 2 is 2.38 bits per heavy atom. The highest BCUT2D eigenvalue weighted by Crippen LogP contribution is 2.23. The molecule has 0 saturated carbocycles. The molecule has 0 bridgehead atoms. The molecule has 0 aliphatic heterocycles. The SMILES string of the molecule is CC(C)c1cnn(CC(=O)O)c1Cl. The first-order valence-corrected chi connectivity index (χ1v) is 4.33. The predicted octanol–water partition coefficient (Wildman–Crippen LogP) is 1.74. The van der Waals surface area contributed by atoms with E-state index >= 15 is 0 Å². The zero-order chi connectivity index (χ0) is 10.0. The Hall–Kier alpha value is -1.03. The fraction of sp³-hybridized carbons (Fsp3) is 0.500. The number of carboxylic acids is 1. The Balaban J connectivity index is 2.92. The molecular weight excluding hydrogens is 192 g/mol. The van der Waals surface area contributed by atoms with E-state index in [0.29, 0.717) is 5.15 Å². The van der Waals surface area contributed by atoms with Gasteiger partial charge in [-0.2, -0.15) is 5.10 Å². The summed E-state index contributed by atoms with van der Waals surface area (Å²) in [6.45, 7) is 3.77. The van der Waals surface area contributed by atoms with Gasteiger partial charge in [-0.15, -0.1) is 0 Å². The highest BCUT2D eigenvalue weighted by atomic mass is 35.5. The summed E-state index contributed by atoms with van der Waals surface area (Å²) in [5.41, 5.74) is 0.878. The molecule has 0 fully saturated rings. The van der Waals surface area contributed by atoms with Crippen LogP contribution >= 0.6 is 11.6 Å². The van der Waals surface area contributed by atoms with Gasteiger partial charge < -0.3 is 5.11 Å². The lowest BCUT2D eigenvalue weighted by atomic mass is 10.1. The summed E-state index contributed by atoms with van der Waals surface area (Å²) in [4.78, 5) is 10.4. The molecule has 4 nitrogen and oxygen atoms in total. The third-order valence-electron chi connectivity index (χ3n) is 1.71. The molecule has 5 heteroatoms. The molecule has 1 aromatic rings. The first-order valence-electron chi connectivity index (χ1n) is 3.95. The molecule has 0 radical (unpaired) electrons. The smallest absolute Gasteiger partial charge is 0.325 e. The Bertz CT molecular complexity index is 320. The Morgan fingerprint density at radius 1 is 1.77 bits per heavy atom. The zero-order valence-corrected chi connectivity index (χ0v) is 8.25. The van der Waals surface area contributed by atoms with Crippen LogP contribution < -0.4 is 0 Å². The largest absolute Gasteiger partial charge is 0.480 e. The quantitative estimate of drug-likeness (QED) is 0.813. The van der Waals surface area contributed by atoms with Crippen LogP contribution in [0.3, 0.4) is 0 Å². The van der Waals surface area contributed by atoms with E-state index in [0.717, 1.165) is 5.56 Å². The van der Waals surface area contributed by atoms with E-state index in [4.69, 9.17) is 16.7 Å². The number of hydrogen-bond acceptors (Lipinski definition) is 2. The predicted molar refractivity (Wildman–Crippen MR) is 49.0 cm³/mol. The van der Waals surface area contributed by atoms with Gasteiger partial charge in [0, 0.05) is 5.56 Å². The monoisotopic (exact) mass is 202 g/mol. The lowest BCUT2D eigenvalue weighted by Crippen LogP contribution is -2.10. The van der Waals surface area contributed by atoms with Gasteiger partial charge in [0.1, 0.15) is 11.7 Å². The van der Waals surface area contributed by atoms with Crippen molar-refractivity contribution in [2.45, 2.75) is 26.3 Å². The van der Waals surface area contributed by atoms with E-state index in [-0.39, 0.29) is 12.5 Å². The van der Waals surface area contributed by atoms with Gasteiger partial charge in [0.05, 0.1) is 6.20 Å². The standard InChI is InChI=1S/C8H11ClN2O2/c1-5(2)6-3-10-11(8(6)9)4-7(12)13/h3,5H,4H2,1-2H3,(H,12,13). The molecule has 1 heterocycles. The number of nitrogens with zero attached hydrogens (tertiary/aromatic N) is 2. The maximum atomic E-state index is 10.4. The van der Waals surface area contributed by atoms with E-state index in [9.17, 15) is 4.79 Å². The summed E-state index contributed by atoms with van der Waals surface area (Å²) >= 11 is 5.90. The van der Waals surface area contributed by atoms with Crippen LogP contribution in [0.4, 0.5) is 0 Å². The van der Waals surface area contributed by atoms with Crippen LogP contribution in [0.5, 0.6) is 0 Å². The number of rotatable bonds is 3. The minimum atomic E-state index is -0.944.